The monoisotopic (exact) mass is 489 g/mol. The second kappa shape index (κ2) is 7.95. The first-order chi connectivity index (χ1) is 14.0. The van der Waals surface area contributed by atoms with Gasteiger partial charge in [0.1, 0.15) is 6.04 Å². The van der Waals surface area contributed by atoms with Gasteiger partial charge < -0.3 is 0 Å². The average molecular weight is 490 g/mol. The summed E-state index contributed by atoms with van der Waals surface area (Å²) in [5, 5.41) is 8.94. The van der Waals surface area contributed by atoms with E-state index in [0.29, 0.717) is 11.3 Å². The molecule has 1 unspecified atom stereocenters. The number of nitrogens with zero attached hydrogens (tertiary/aromatic N) is 3. The van der Waals surface area contributed by atoms with Crippen LogP contribution in [0.1, 0.15) is 32.8 Å². The maximum absolute atomic E-state index is 13.4. The van der Waals surface area contributed by atoms with Crippen LogP contribution in [-0.4, -0.2) is 36.1 Å². The molecule has 0 saturated carbocycles. The first-order valence-corrected chi connectivity index (χ1v) is 11.4. The van der Waals surface area contributed by atoms with Gasteiger partial charge in [-0.05, 0) is 69.3 Å². The number of imide groups is 1. The third-order valence-electron chi connectivity index (χ3n) is 4.69. The largest absolute Gasteiger partial charge is 0.274 e. The number of anilines is 1. The summed E-state index contributed by atoms with van der Waals surface area (Å²) in [5.41, 5.74) is -0.252. The minimum atomic E-state index is -4.06. The Morgan fingerprint density at radius 1 is 1.07 bits per heavy atom. The van der Waals surface area contributed by atoms with Crippen molar-refractivity contribution in [2.45, 2.75) is 43.7 Å². The Labute approximate surface area is 184 Å². The summed E-state index contributed by atoms with van der Waals surface area (Å²) in [4.78, 5) is 26.9. The minimum absolute atomic E-state index is 0.0395. The molecule has 1 aliphatic heterocycles. The lowest BCUT2D eigenvalue weighted by Gasteiger charge is -2.37. The van der Waals surface area contributed by atoms with Crippen LogP contribution in [0.2, 0.25) is 0 Å². The van der Waals surface area contributed by atoms with Crippen LogP contribution in [0.4, 0.5) is 5.69 Å². The van der Waals surface area contributed by atoms with Gasteiger partial charge in [0, 0.05) is 10.0 Å². The normalized spacial score (nSPS) is 17.5. The minimum Gasteiger partial charge on any atom is -0.274 e. The zero-order chi connectivity index (χ0) is 22.3. The predicted molar refractivity (Wildman–Crippen MR) is 115 cm³/mol. The van der Waals surface area contributed by atoms with Crippen LogP contribution in [-0.2, 0) is 19.6 Å². The third-order valence-corrected chi connectivity index (χ3v) is 7.41. The van der Waals surface area contributed by atoms with Crippen LogP contribution in [0.5, 0.6) is 0 Å². The molecule has 1 atom stereocenters. The molecule has 2 amide bonds. The molecule has 1 fully saturated rings. The van der Waals surface area contributed by atoms with E-state index >= 15 is 0 Å². The molecular weight excluding hydrogens is 470 g/mol. The summed E-state index contributed by atoms with van der Waals surface area (Å²) in [5.74, 6) is -1.10. The molecule has 0 aromatic heterocycles. The fourth-order valence-corrected chi connectivity index (χ4v) is 5.66. The zero-order valence-corrected chi connectivity index (χ0v) is 19.1. The van der Waals surface area contributed by atoms with Crippen molar-refractivity contribution >= 4 is 43.5 Å². The van der Waals surface area contributed by atoms with Crippen LogP contribution in [0, 0.1) is 11.3 Å². The number of carbonyl (C=O) groups is 2. The Hall–Kier alpha value is -2.54. The number of benzene rings is 2. The van der Waals surface area contributed by atoms with Gasteiger partial charge in [-0.3, -0.25) is 9.59 Å². The maximum Gasteiger partial charge on any atom is 0.252 e. The summed E-state index contributed by atoms with van der Waals surface area (Å²) in [6.07, 6.45) is -0.258. The molecule has 1 saturated heterocycles. The fraction of sp³-hybridized carbons (Fsp3) is 0.286. The van der Waals surface area contributed by atoms with E-state index in [0.717, 1.165) is 13.7 Å². The Balaban J connectivity index is 2.03. The summed E-state index contributed by atoms with van der Waals surface area (Å²) >= 11 is 3.28. The van der Waals surface area contributed by atoms with Gasteiger partial charge in [-0.15, -0.1) is 0 Å². The number of nitriles is 1. The number of amides is 2. The molecule has 2 aromatic rings. The molecule has 0 radical (unpaired) electrons. The molecule has 7 nitrogen and oxygen atoms in total. The lowest BCUT2D eigenvalue weighted by atomic mass is 10.1. The second-order valence-corrected chi connectivity index (χ2v) is 10.6. The van der Waals surface area contributed by atoms with E-state index in [-0.39, 0.29) is 11.3 Å². The van der Waals surface area contributed by atoms with Crippen molar-refractivity contribution in [1.29, 1.82) is 5.26 Å². The van der Waals surface area contributed by atoms with Crippen molar-refractivity contribution in [3.8, 4) is 6.07 Å². The van der Waals surface area contributed by atoms with Gasteiger partial charge in [-0.25, -0.2) is 13.3 Å². The second-order valence-electron chi connectivity index (χ2n) is 7.87. The third kappa shape index (κ3) is 4.03. The Morgan fingerprint density at radius 3 is 2.13 bits per heavy atom. The fourth-order valence-electron chi connectivity index (χ4n) is 3.47. The van der Waals surface area contributed by atoms with E-state index in [1.54, 1.807) is 32.9 Å². The van der Waals surface area contributed by atoms with Crippen molar-refractivity contribution < 1.29 is 18.0 Å². The molecule has 0 N–H and O–H groups in total. The number of sulfonamides is 1. The highest BCUT2D eigenvalue weighted by atomic mass is 79.9. The van der Waals surface area contributed by atoms with Crippen molar-refractivity contribution in [3.05, 3.63) is 58.6 Å². The highest BCUT2D eigenvalue weighted by Gasteiger charge is 2.50. The Kier molecular flexibility index (Phi) is 5.87. The number of hydrogen-bond acceptors (Lipinski definition) is 5. The summed E-state index contributed by atoms with van der Waals surface area (Å²) in [7, 11) is -4.06. The number of halogens is 1. The number of carbonyl (C=O) groups excluding carboxylic acids is 2. The van der Waals surface area contributed by atoms with Crippen molar-refractivity contribution in [3.63, 3.8) is 0 Å². The molecule has 3 rings (SSSR count). The molecule has 1 aliphatic rings. The average Bonchev–Trinajstić information content (AvgIpc) is 2.94. The van der Waals surface area contributed by atoms with Crippen LogP contribution < -0.4 is 4.90 Å². The van der Waals surface area contributed by atoms with Crippen molar-refractivity contribution in [2.75, 3.05) is 4.90 Å². The van der Waals surface area contributed by atoms with Crippen LogP contribution in [0.3, 0.4) is 0 Å². The smallest absolute Gasteiger partial charge is 0.252 e. The summed E-state index contributed by atoms with van der Waals surface area (Å²) in [6.45, 7) is 5.06. The Bertz CT molecular complexity index is 1130. The van der Waals surface area contributed by atoms with Crippen LogP contribution >= 0.6 is 15.9 Å². The van der Waals surface area contributed by atoms with E-state index < -0.39 is 33.4 Å². The van der Waals surface area contributed by atoms with Gasteiger partial charge in [0.2, 0.25) is 15.9 Å². The molecule has 1 heterocycles. The molecule has 156 valence electrons. The van der Waals surface area contributed by atoms with E-state index in [1.807, 2.05) is 6.07 Å². The van der Waals surface area contributed by atoms with Gasteiger partial charge in [0.05, 0.1) is 28.6 Å². The van der Waals surface area contributed by atoms with E-state index in [1.165, 1.54) is 36.4 Å². The highest BCUT2D eigenvalue weighted by molar-refractivity contribution is 9.10. The lowest BCUT2D eigenvalue weighted by molar-refractivity contribution is -0.122. The molecule has 0 spiro atoms. The van der Waals surface area contributed by atoms with E-state index in [9.17, 15) is 18.0 Å². The van der Waals surface area contributed by atoms with Crippen molar-refractivity contribution in [1.82, 2.24) is 4.31 Å². The number of hydrogen-bond donors (Lipinski definition) is 0. The molecule has 2 aromatic carbocycles. The molecule has 30 heavy (non-hydrogen) atoms. The quantitative estimate of drug-likeness (QED) is 0.612. The first-order valence-electron chi connectivity index (χ1n) is 9.14. The van der Waals surface area contributed by atoms with Gasteiger partial charge in [-0.2, -0.15) is 9.57 Å². The van der Waals surface area contributed by atoms with Gasteiger partial charge in [0.15, 0.2) is 0 Å². The van der Waals surface area contributed by atoms with Gasteiger partial charge >= 0.3 is 0 Å². The maximum atomic E-state index is 13.4. The SMILES string of the molecule is CC(C)(C)N(C1CC(=O)N(c2ccc(C#N)cc2)C1=O)S(=O)(=O)c1ccc(Br)cc1. The molecule has 0 bridgehead atoms. The van der Waals surface area contributed by atoms with Gasteiger partial charge in [0.25, 0.3) is 5.91 Å². The molecule has 0 aliphatic carbocycles. The van der Waals surface area contributed by atoms with Crippen LogP contribution in [0.25, 0.3) is 0 Å². The summed E-state index contributed by atoms with van der Waals surface area (Å²) < 4.78 is 28.7. The topological polar surface area (TPSA) is 98.5 Å². The molecule has 9 heteroatoms. The standard InChI is InChI=1S/C21H20BrN3O4S/c1-21(2,3)25(30(28,29)17-10-6-15(22)7-11-17)18-12-19(26)24(20(18)27)16-8-4-14(13-23)5-9-16/h4-11,18H,12H2,1-3H3. The lowest BCUT2D eigenvalue weighted by Crippen LogP contribution is -2.54. The predicted octanol–water partition coefficient (Wildman–Crippen LogP) is 3.44. The molecular formula is C21H20BrN3O4S. The van der Waals surface area contributed by atoms with E-state index in [4.69, 9.17) is 5.26 Å². The van der Waals surface area contributed by atoms with E-state index in [2.05, 4.69) is 15.9 Å². The summed E-state index contributed by atoms with van der Waals surface area (Å²) in [6, 6.07) is 13.0. The highest BCUT2D eigenvalue weighted by Crippen LogP contribution is 2.34. The first kappa shape index (κ1) is 22.2. The van der Waals surface area contributed by atoms with Crippen molar-refractivity contribution in [2.24, 2.45) is 0 Å². The van der Waals surface area contributed by atoms with Gasteiger partial charge in [-0.1, -0.05) is 15.9 Å². The Morgan fingerprint density at radius 2 is 1.63 bits per heavy atom. The number of rotatable bonds is 4. The zero-order valence-electron chi connectivity index (χ0n) is 16.7. The van der Waals surface area contributed by atoms with Crippen LogP contribution in [0.15, 0.2) is 57.9 Å².